The highest BCUT2D eigenvalue weighted by Gasteiger charge is 2.14. The van der Waals surface area contributed by atoms with E-state index in [9.17, 15) is 4.79 Å². The van der Waals surface area contributed by atoms with Crippen LogP contribution < -0.4 is 24.8 Å². The number of hydrogen-bond donors (Lipinski definition) is 2. The van der Waals surface area contributed by atoms with Gasteiger partial charge in [0.25, 0.3) is 0 Å². The minimum atomic E-state index is -0.377. The molecule has 2 aromatic rings. The second-order valence-corrected chi connectivity index (χ2v) is 6.29. The summed E-state index contributed by atoms with van der Waals surface area (Å²) >= 11 is 9.40. The predicted octanol–water partition coefficient (Wildman–Crippen LogP) is 4.45. The average Bonchev–Trinajstić information content (AvgIpc) is 2.61. The standard InChI is InChI=1S/C17H18BrClN2O4/c1-23-14-6-10(7-15(24-2)16(14)25-3)9-20-17(22)21-13-5-4-11(18)8-12(13)19/h4-8H,9H2,1-3H3,(H2,20,21,22). The summed E-state index contributed by atoms with van der Waals surface area (Å²) in [6.45, 7) is 0.274. The van der Waals surface area contributed by atoms with Gasteiger partial charge in [0.15, 0.2) is 11.5 Å². The van der Waals surface area contributed by atoms with E-state index in [1.165, 1.54) is 21.3 Å². The van der Waals surface area contributed by atoms with Crippen LogP contribution in [-0.2, 0) is 6.54 Å². The Labute approximate surface area is 159 Å². The summed E-state index contributed by atoms with van der Waals surface area (Å²) in [6.07, 6.45) is 0. The number of carbonyl (C=O) groups is 1. The SMILES string of the molecule is COc1cc(CNC(=O)Nc2ccc(Br)cc2Cl)cc(OC)c1OC. The van der Waals surface area contributed by atoms with Crippen molar-refractivity contribution in [3.8, 4) is 17.2 Å². The molecule has 0 unspecified atom stereocenters. The van der Waals surface area contributed by atoms with Gasteiger partial charge in [0.1, 0.15) is 0 Å². The van der Waals surface area contributed by atoms with Gasteiger partial charge in [0.05, 0.1) is 32.0 Å². The molecule has 0 radical (unpaired) electrons. The molecular formula is C17H18BrClN2O4. The van der Waals surface area contributed by atoms with E-state index in [4.69, 9.17) is 25.8 Å². The first-order valence-electron chi connectivity index (χ1n) is 7.27. The molecule has 2 amide bonds. The lowest BCUT2D eigenvalue weighted by atomic mass is 10.2. The summed E-state index contributed by atoms with van der Waals surface area (Å²) in [5.41, 5.74) is 1.32. The largest absolute Gasteiger partial charge is 0.493 e. The molecule has 0 aliphatic heterocycles. The third-order valence-corrected chi connectivity index (χ3v) is 4.16. The van der Waals surface area contributed by atoms with Crippen molar-refractivity contribution in [3.05, 3.63) is 45.4 Å². The van der Waals surface area contributed by atoms with Crippen molar-refractivity contribution in [1.29, 1.82) is 0 Å². The van der Waals surface area contributed by atoms with Crippen LogP contribution in [0.3, 0.4) is 0 Å². The Bertz CT molecular complexity index is 745. The summed E-state index contributed by atoms with van der Waals surface area (Å²) in [5, 5.41) is 5.90. The van der Waals surface area contributed by atoms with Crippen molar-refractivity contribution in [2.75, 3.05) is 26.6 Å². The Hall–Kier alpha value is -2.12. The Morgan fingerprint density at radius 1 is 1.08 bits per heavy atom. The number of halogens is 2. The molecule has 0 bridgehead atoms. The number of ether oxygens (including phenoxy) is 3. The maximum absolute atomic E-state index is 12.1. The van der Waals surface area contributed by atoms with Gasteiger partial charge >= 0.3 is 6.03 Å². The Morgan fingerprint density at radius 2 is 1.72 bits per heavy atom. The number of amides is 2. The quantitative estimate of drug-likeness (QED) is 0.712. The normalized spacial score (nSPS) is 10.1. The highest BCUT2D eigenvalue weighted by atomic mass is 79.9. The molecule has 2 N–H and O–H groups in total. The smallest absolute Gasteiger partial charge is 0.319 e. The van der Waals surface area contributed by atoms with Crippen LogP contribution >= 0.6 is 27.5 Å². The molecule has 0 aromatic heterocycles. The van der Waals surface area contributed by atoms with Gasteiger partial charge in [-0.25, -0.2) is 4.79 Å². The van der Waals surface area contributed by atoms with Crippen LogP contribution in [0.5, 0.6) is 17.2 Å². The second kappa shape index (κ2) is 8.82. The minimum absolute atomic E-state index is 0.274. The van der Waals surface area contributed by atoms with Crippen LogP contribution in [0, 0.1) is 0 Å². The van der Waals surface area contributed by atoms with Crippen LogP contribution in [0.25, 0.3) is 0 Å². The predicted molar refractivity (Wildman–Crippen MR) is 101 cm³/mol. The molecule has 0 saturated carbocycles. The lowest BCUT2D eigenvalue weighted by molar-refractivity contribution is 0.251. The lowest BCUT2D eigenvalue weighted by Gasteiger charge is -2.15. The van der Waals surface area contributed by atoms with E-state index in [0.29, 0.717) is 28.0 Å². The highest BCUT2D eigenvalue weighted by molar-refractivity contribution is 9.10. The number of nitrogens with one attached hydrogen (secondary N) is 2. The van der Waals surface area contributed by atoms with Crippen LogP contribution in [0.1, 0.15) is 5.56 Å². The zero-order chi connectivity index (χ0) is 18.4. The molecular weight excluding hydrogens is 412 g/mol. The van der Waals surface area contributed by atoms with Gasteiger partial charge in [-0.1, -0.05) is 27.5 Å². The summed E-state index contributed by atoms with van der Waals surface area (Å²) < 4.78 is 16.7. The number of anilines is 1. The van der Waals surface area contributed by atoms with Crippen molar-refractivity contribution < 1.29 is 19.0 Å². The van der Waals surface area contributed by atoms with Gasteiger partial charge in [-0.2, -0.15) is 0 Å². The molecule has 25 heavy (non-hydrogen) atoms. The van der Waals surface area contributed by atoms with E-state index in [1.807, 2.05) is 0 Å². The number of urea groups is 1. The molecule has 2 aromatic carbocycles. The summed E-state index contributed by atoms with van der Waals surface area (Å²) in [5.74, 6) is 1.55. The number of rotatable bonds is 6. The molecule has 134 valence electrons. The highest BCUT2D eigenvalue weighted by Crippen LogP contribution is 2.38. The van der Waals surface area contributed by atoms with Gasteiger partial charge in [-0.3, -0.25) is 0 Å². The molecule has 0 spiro atoms. The third kappa shape index (κ3) is 4.93. The van der Waals surface area contributed by atoms with Crippen molar-refractivity contribution in [2.45, 2.75) is 6.54 Å². The van der Waals surface area contributed by atoms with E-state index in [-0.39, 0.29) is 12.6 Å². The molecule has 0 aliphatic carbocycles. The van der Waals surface area contributed by atoms with Crippen LogP contribution in [0.2, 0.25) is 5.02 Å². The van der Waals surface area contributed by atoms with Gasteiger partial charge in [0, 0.05) is 11.0 Å². The first-order chi connectivity index (χ1) is 12.0. The summed E-state index contributed by atoms with van der Waals surface area (Å²) in [6, 6.07) is 8.38. The molecule has 0 heterocycles. The molecule has 0 aliphatic rings. The second-order valence-electron chi connectivity index (χ2n) is 4.97. The maximum atomic E-state index is 12.1. The average molecular weight is 430 g/mol. The van der Waals surface area contributed by atoms with Crippen LogP contribution in [0.15, 0.2) is 34.8 Å². The molecule has 8 heteroatoms. The molecule has 0 atom stereocenters. The summed E-state index contributed by atoms with van der Waals surface area (Å²) in [7, 11) is 4.61. The zero-order valence-corrected chi connectivity index (χ0v) is 16.3. The fourth-order valence-corrected chi connectivity index (χ4v) is 2.90. The maximum Gasteiger partial charge on any atom is 0.319 e. The summed E-state index contributed by atoms with van der Waals surface area (Å²) in [4.78, 5) is 12.1. The van der Waals surface area contributed by atoms with Gasteiger partial charge in [-0.05, 0) is 35.9 Å². The van der Waals surface area contributed by atoms with E-state index >= 15 is 0 Å². The van der Waals surface area contributed by atoms with Crippen LogP contribution in [0.4, 0.5) is 10.5 Å². The van der Waals surface area contributed by atoms with E-state index in [0.717, 1.165) is 10.0 Å². The van der Waals surface area contributed by atoms with Gasteiger partial charge in [-0.15, -0.1) is 0 Å². The molecule has 2 rings (SSSR count). The zero-order valence-electron chi connectivity index (χ0n) is 14.0. The number of hydrogen-bond acceptors (Lipinski definition) is 4. The molecule has 0 saturated heterocycles. The first kappa shape index (κ1) is 19.2. The van der Waals surface area contributed by atoms with Gasteiger partial charge in [0.2, 0.25) is 5.75 Å². The topological polar surface area (TPSA) is 68.8 Å². The van der Waals surface area contributed by atoms with Gasteiger partial charge < -0.3 is 24.8 Å². The Morgan fingerprint density at radius 3 is 2.24 bits per heavy atom. The fraction of sp³-hybridized carbons (Fsp3) is 0.235. The van der Waals surface area contributed by atoms with E-state index in [1.54, 1.807) is 30.3 Å². The monoisotopic (exact) mass is 428 g/mol. The molecule has 0 fully saturated rings. The Balaban J connectivity index is 2.06. The Kier molecular flexibility index (Phi) is 6.78. The van der Waals surface area contributed by atoms with Crippen molar-refractivity contribution in [1.82, 2.24) is 5.32 Å². The minimum Gasteiger partial charge on any atom is -0.493 e. The first-order valence-corrected chi connectivity index (χ1v) is 8.44. The number of benzene rings is 2. The third-order valence-electron chi connectivity index (χ3n) is 3.36. The van der Waals surface area contributed by atoms with Crippen LogP contribution in [-0.4, -0.2) is 27.4 Å². The van der Waals surface area contributed by atoms with Crippen molar-refractivity contribution in [2.24, 2.45) is 0 Å². The van der Waals surface area contributed by atoms with Crippen molar-refractivity contribution in [3.63, 3.8) is 0 Å². The van der Waals surface area contributed by atoms with E-state index in [2.05, 4.69) is 26.6 Å². The fourth-order valence-electron chi connectivity index (χ4n) is 2.18. The number of methoxy groups -OCH3 is 3. The number of carbonyl (C=O) groups excluding carboxylic acids is 1. The molecule has 6 nitrogen and oxygen atoms in total. The van der Waals surface area contributed by atoms with Crippen molar-refractivity contribution >= 4 is 39.2 Å². The lowest BCUT2D eigenvalue weighted by Crippen LogP contribution is -2.28. The van der Waals surface area contributed by atoms with E-state index < -0.39 is 0 Å².